The Bertz CT molecular complexity index is 1720. The lowest BCUT2D eigenvalue weighted by Gasteiger charge is -2.14. The molecule has 0 fully saturated rings. The summed E-state index contributed by atoms with van der Waals surface area (Å²) < 4.78 is 5.49. The van der Waals surface area contributed by atoms with Crippen molar-refractivity contribution >= 4 is 46.1 Å². The number of nitrogens with two attached hydrogens (primary N) is 1. The van der Waals surface area contributed by atoms with E-state index in [-0.39, 0.29) is 18.1 Å². The van der Waals surface area contributed by atoms with E-state index in [1.54, 1.807) is 41.9 Å². The molecule has 0 spiro atoms. The largest absolute Gasteiger partial charge is 0.497 e. The number of carbonyl (C=O) groups is 1. The number of fused-ring (bicyclic) bond motifs is 1. The average molecular weight is 619 g/mol. The van der Waals surface area contributed by atoms with Gasteiger partial charge in [0.2, 0.25) is 0 Å². The number of halogens is 1. The van der Waals surface area contributed by atoms with Crippen molar-refractivity contribution in [2.24, 2.45) is 10.7 Å². The molecular formula is C31H35ClN8O4. The van der Waals surface area contributed by atoms with Crippen molar-refractivity contribution in [3.8, 4) is 11.4 Å². The maximum atomic E-state index is 13.3. The summed E-state index contributed by atoms with van der Waals surface area (Å²) in [6.45, 7) is 0.693. The summed E-state index contributed by atoms with van der Waals surface area (Å²) >= 11 is 6.54. The summed E-state index contributed by atoms with van der Waals surface area (Å²) in [7, 11) is 7.31. The van der Waals surface area contributed by atoms with Crippen LogP contribution in [-0.4, -0.2) is 85.0 Å². The molecule has 1 aliphatic carbocycles. The number of aliphatic imine (C=N–C) groups is 1. The highest BCUT2D eigenvalue weighted by Gasteiger charge is 2.15. The Kier molecular flexibility index (Phi) is 10.7. The van der Waals surface area contributed by atoms with E-state index in [2.05, 4.69) is 21.0 Å². The van der Waals surface area contributed by atoms with Gasteiger partial charge in [0.25, 0.3) is 5.91 Å². The number of aliphatic hydroxyl groups is 1. The number of aromatic nitrogens is 2. The normalized spacial score (nSPS) is 14.4. The molecule has 0 saturated carbocycles. The third kappa shape index (κ3) is 8.03. The van der Waals surface area contributed by atoms with Crippen molar-refractivity contribution in [3.05, 3.63) is 94.1 Å². The molecule has 13 heteroatoms. The van der Waals surface area contributed by atoms with Crippen LogP contribution in [0.1, 0.15) is 0 Å². The van der Waals surface area contributed by atoms with Crippen LogP contribution < -0.4 is 21.4 Å². The smallest absolute Gasteiger partial charge is 0.256 e. The number of imidazole rings is 1. The molecule has 0 aliphatic heterocycles. The Balaban J connectivity index is 1.49. The lowest BCUT2D eigenvalue weighted by Crippen LogP contribution is -2.29. The number of anilines is 2. The van der Waals surface area contributed by atoms with Gasteiger partial charge in [0.1, 0.15) is 11.6 Å². The number of benzene rings is 2. The summed E-state index contributed by atoms with van der Waals surface area (Å²) in [4.78, 5) is 29.4. The Labute approximate surface area is 260 Å². The van der Waals surface area contributed by atoms with Gasteiger partial charge in [-0.25, -0.2) is 4.98 Å². The topological polar surface area (TPSA) is 164 Å². The molecule has 1 atom stereocenters. The number of hydroxylamine groups is 1. The SMILES string of the molecule is COC1=CC(CN(C)CN=C/C(=C\N)C(O)NO)=C=CC(C(=O)Nc2ccc(Cl)c(-c3nc4ccc(N(C)C)cc4[nH]3)c2)=C1. The fourth-order valence-corrected chi connectivity index (χ4v) is 4.46. The number of amides is 1. The molecule has 0 bridgehead atoms. The van der Waals surface area contributed by atoms with E-state index in [1.165, 1.54) is 13.3 Å². The lowest BCUT2D eigenvalue weighted by atomic mass is 10.1. The number of hydrogen-bond acceptors (Lipinski definition) is 10. The van der Waals surface area contributed by atoms with Gasteiger partial charge in [0, 0.05) is 61.1 Å². The highest BCUT2D eigenvalue weighted by molar-refractivity contribution is 6.33. The van der Waals surface area contributed by atoms with Crippen molar-refractivity contribution < 1.29 is 19.8 Å². The minimum Gasteiger partial charge on any atom is -0.497 e. The number of aromatic amines is 1. The van der Waals surface area contributed by atoms with Gasteiger partial charge < -0.3 is 36.0 Å². The molecule has 1 aliphatic rings. The molecular weight excluding hydrogens is 584 g/mol. The maximum Gasteiger partial charge on any atom is 0.256 e. The van der Waals surface area contributed by atoms with E-state index in [1.807, 2.05) is 49.1 Å². The number of methoxy groups -OCH3 is 1. The number of rotatable bonds is 12. The van der Waals surface area contributed by atoms with Crippen LogP contribution in [0, 0.1) is 0 Å². The van der Waals surface area contributed by atoms with Crippen molar-refractivity contribution in [2.75, 3.05) is 51.7 Å². The van der Waals surface area contributed by atoms with Crippen LogP contribution in [0.3, 0.4) is 0 Å². The van der Waals surface area contributed by atoms with Gasteiger partial charge in [0.05, 0.1) is 35.4 Å². The average Bonchev–Trinajstić information content (AvgIpc) is 3.33. The van der Waals surface area contributed by atoms with Crippen LogP contribution in [0.4, 0.5) is 11.4 Å². The van der Waals surface area contributed by atoms with Gasteiger partial charge in [-0.15, -0.1) is 5.73 Å². The standard InChI is InChI=1S/C31H35ClN8O4/c1-39(2)23-8-10-27-28(14-23)37-29(36-27)25-13-22(7-9-26(25)32)35-30(41)20-6-5-19(11-24(12-20)44-4)17-40(3)18-34-16-21(15-33)31(42)38-43/h6-16,31,38,42-43H,17-18,33H2,1-4H3,(H,35,41)(H,36,37)/b21-15+,34-16?. The van der Waals surface area contributed by atoms with Crippen molar-refractivity contribution in [1.82, 2.24) is 20.3 Å². The van der Waals surface area contributed by atoms with E-state index in [0.717, 1.165) is 28.5 Å². The van der Waals surface area contributed by atoms with Crippen molar-refractivity contribution in [3.63, 3.8) is 0 Å². The van der Waals surface area contributed by atoms with Crippen molar-refractivity contribution in [1.29, 1.82) is 0 Å². The van der Waals surface area contributed by atoms with Gasteiger partial charge >= 0.3 is 0 Å². The van der Waals surface area contributed by atoms with Crippen molar-refractivity contribution in [2.45, 2.75) is 6.23 Å². The molecule has 230 valence electrons. The fourth-order valence-electron chi connectivity index (χ4n) is 4.26. The minimum atomic E-state index is -1.34. The predicted octanol–water partition coefficient (Wildman–Crippen LogP) is 3.54. The first-order valence-electron chi connectivity index (χ1n) is 13.5. The van der Waals surface area contributed by atoms with Gasteiger partial charge in [-0.05, 0) is 61.7 Å². The van der Waals surface area contributed by atoms with E-state index < -0.39 is 6.23 Å². The minimum absolute atomic E-state index is 0.208. The van der Waals surface area contributed by atoms with Crippen LogP contribution in [0.15, 0.2) is 94.0 Å². The summed E-state index contributed by atoms with van der Waals surface area (Å²) in [5, 5.41) is 21.9. The summed E-state index contributed by atoms with van der Waals surface area (Å²) in [5.41, 5.74) is 15.5. The third-order valence-electron chi connectivity index (χ3n) is 6.62. The zero-order valence-corrected chi connectivity index (χ0v) is 25.6. The van der Waals surface area contributed by atoms with E-state index in [4.69, 9.17) is 32.3 Å². The van der Waals surface area contributed by atoms with Crippen LogP contribution in [-0.2, 0) is 9.53 Å². The molecule has 44 heavy (non-hydrogen) atoms. The quantitative estimate of drug-likeness (QED) is 0.0771. The summed E-state index contributed by atoms with van der Waals surface area (Å²) in [5.74, 6) is 0.711. The molecule has 4 rings (SSSR count). The number of nitrogens with zero attached hydrogens (tertiary/aromatic N) is 4. The predicted molar refractivity (Wildman–Crippen MR) is 173 cm³/mol. The van der Waals surface area contributed by atoms with E-state index in [9.17, 15) is 9.90 Å². The van der Waals surface area contributed by atoms with E-state index >= 15 is 0 Å². The Hall–Kier alpha value is -4.68. The van der Waals surface area contributed by atoms with Crippen LogP contribution >= 0.6 is 11.6 Å². The fraction of sp³-hybridized carbons (Fsp3) is 0.226. The molecule has 1 amide bonds. The second-order valence-electron chi connectivity index (χ2n) is 10.2. The molecule has 2 aromatic carbocycles. The maximum absolute atomic E-state index is 13.3. The van der Waals surface area contributed by atoms with Gasteiger partial charge in [-0.2, -0.15) is 5.48 Å². The first kappa shape index (κ1) is 32.2. The first-order valence-corrected chi connectivity index (χ1v) is 13.9. The number of allylic oxidation sites excluding steroid dienone is 1. The number of hydrogen-bond donors (Lipinski definition) is 6. The third-order valence-corrected chi connectivity index (χ3v) is 6.95. The molecule has 0 saturated heterocycles. The molecule has 1 aromatic heterocycles. The molecule has 1 heterocycles. The molecule has 0 radical (unpaired) electrons. The Morgan fingerprint density at radius 1 is 1.25 bits per heavy atom. The molecule has 3 aromatic rings. The van der Waals surface area contributed by atoms with Crippen LogP contribution in [0.2, 0.25) is 5.02 Å². The molecule has 1 unspecified atom stereocenters. The highest BCUT2D eigenvalue weighted by Crippen LogP contribution is 2.31. The first-order chi connectivity index (χ1) is 21.1. The van der Waals surface area contributed by atoms with Gasteiger partial charge in [0.15, 0.2) is 6.23 Å². The second kappa shape index (κ2) is 14.7. The molecule has 7 N–H and O–H groups in total. The summed E-state index contributed by atoms with van der Waals surface area (Å²) in [6.07, 6.45) is 6.18. The Morgan fingerprint density at radius 2 is 2.05 bits per heavy atom. The van der Waals surface area contributed by atoms with Gasteiger partial charge in [-0.3, -0.25) is 14.7 Å². The number of ether oxygens (including phenoxy) is 1. The highest BCUT2D eigenvalue weighted by atomic mass is 35.5. The molecule has 12 nitrogen and oxygen atoms in total. The van der Waals surface area contributed by atoms with Crippen LogP contribution in [0.25, 0.3) is 22.4 Å². The second-order valence-corrected chi connectivity index (χ2v) is 10.6. The number of nitrogens with one attached hydrogen (secondary N) is 3. The zero-order chi connectivity index (χ0) is 31.8. The van der Waals surface area contributed by atoms with Crippen LogP contribution in [0.5, 0.6) is 0 Å². The summed E-state index contributed by atoms with van der Waals surface area (Å²) in [6, 6.07) is 11.2. The monoisotopic (exact) mass is 618 g/mol. The number of likely N-dealkylation sites (N-methyl/N-ethyl adjacent to an activating group) is 1. The van der Waals surface area contributed by atoms with E-state index in [0.29, 0.717) is 40.0 Å². The van der Waals surface area contributed by atoms with Gasteiger partial charge in [-0.1, -0.05) is 11.6 Å². The zero-order valence-electron chi connectivity index (χ0n) is 24.8. The number of aliphatic hydroxyl groups excluding tert-OH is 1. The lowest BCUT2D eigenvalue weighted by molar-refractivity contribution is -0.112. The number of H-pyrrole nitrogens is 1. The Morgan fingerprint density at radius 3 is 2.75 bits per heavy atom. The number of carbonyl (C=O) groups excluding carboxylic acids is 1.